The number of benzene rings is 16. The fourth-order valence-electron chi connectivity index (χ4n) is 14.7. The zero-order chi connectivity index (χ0) is 67.5. The summed E-state index contributed by atoms with van der Waals surface area (Å²) >= 11 is 7.46. The van der Waals surface area contributed by atoms with E-state index in [9.17, 15) is 0 Å². The Bertz CT molecular complexity index is 6430. The van der Waals surface area contributed by atoms with Crippen molar-refractivity contribution in [3.63, 3.8) is 0 Å². The Labute approximate surface area is 607 Å². The maximum atomic E-state index is 2.42. The van der Waals surface area contributed by atoms with Crippen LogP contribution in [0.1, 0.15) is 0 Å². The topological polar surface area (TPSA) is 13.0 Å². The molecule has 0 radical (unpaired) electrons. The van der Waals surface area contributed by atoms with Gasteiger partial charge in [-0.15, -0.1) is 45.3 Å². The van der Waals surface area contributed by atoms with Crippen molar-refractivity contribution in [2.45, 2.75) is 0 Å². The standard InChI is InChI=1S/C48H32N2S2.C46H30N2S2/c1-5-13-33(14-6-1)34-21-27-45-43(29-34)44-30-38(24-28-46(44)51-45)50(37-19-11-4-12-20-37)40-23-26-42-41-25-22-39(31-47(41)52-48(42)32-40)49(35-15-7-2-8-16-35)36-17-9-3-10-18-36;1-3-14-33(15-4-1)47(35-23-22-31-12-7-8-13-32(31)28-35)36-24-26-39-40-27-25-37(30-45(40)49-44(39)29-36)48(34-16-5-2-6-17-34)42-20-11-19-41-38-18-9-10-21-43(38)50-46(41)42/h1-32H;1-30H. The molecule has 0 aliphatic heterocycles. The van der Waals surface area contributed by atoms with E-state index in [2.05, 4.69) is 396 Å². The molecule has 4 aromatic heterocycles. The SMILES string of the molecule is c1ccc(-c2ccc3sc4ccc(N(c5ccccc5)c5ccc6c(c5)sc5cc(N(c7ccccc7)c7ccccc7)ccc56)cc4c3c2)cc1.c1ccc(N(c2ccc3ccccc3c2)c2ccc3c(c2)sc2cc(N(c4ccccc4)c4cccc5c4sc4ccccc45)ccc23)cc1. The molecule has 4 nitrogen and oxygen atoms in total. The van der Waals surface area contributed by atoms with Gasteiger partial charge in [-0.1, -0.05) is 212 Å². The number of hydrogen-bond acceptors (Lipinski definition) is 8. The van der Waals surface area contributed by atoms with Gasteiger partial charge in [0.15, 0.2) is 0 Å². The maximum absolute atomic E-state index is 2.42. The molecule has 8 heteroatoms. The first-order valence-corrected chi connectivity index (χ1v) is 37.6. The zero-order valence-electron chi connectivity index (χ0n) is 55.2. The Kier molecular flexibility index (Phi) is 15.7. The minimum absolute atomic E-state index is 1.13. The van der Waals surface area contributed by atoms with Crippen LogP contribution in [0.2, 0.25) is 0 Å². The summed E-state index contributed by atoms with van der Waals surface area (Å²) in [6.45, 7) is 0. The second-order valence-corrected chi connectivity index (χ2v) is 29.9. The summed E-state index contributed by atoms with van der Waals surface area (Å²) in [5, 5.41) is 12.8. The van der Waals surface area contributed by atoms with Crippen molar-refractivity contribution >= 4 is 205 Å². The molecule has 0 atom stereocenters. The predicted octanol–water partition coefficient (Wildman–Crippen LogP) is 29.5. The average molecular weight is 1380 g/mol. The van der Waals surface area contributed by atoms with Gasteiger partial charge < -0.3 is 19.6 Å². The molecule has 102 heavy (non-hydrogen) atoms. The third-order valence-corrected chi connectivity index (χ3v) is 24.0. The van der Waals surface area contributed by atoms with Gasteiger partial charge in [-0.05, 0) is 186 Å². The highest BCUT2D eigenvalue weighted by Crippen LogP contribution is 2.50. The summed E-state index contributed by atoms with van der Waals surface area (Å²) in [5.41, 5.74) is 16.3. The van der Waals surface area contributed by atoms with Gasteiger partial charge in [0.2, 0.25) is 0 Å². The molecular formula is C94H62N4S4. The van der Waals surface area contributed by atoms with Crippen LogP contribution in [0.15, 0.2) is 376 Å². The summed E-state index contributed by atoms with van der Waals surface area (Å²) < 4.78 is 10.3. The van der Waals surface area contributed by atoms with E-state index >= 15 is 0 Å². The lowest BCUT2D eigenvalue weighted by molar-refractivity contribution is 1.29. The van der Waals surface area contributed by atoms with Gasteiger partial charge in [-0.3, -0.25) is 0 Å². The maximum Gasteiger partial charge on any atom is 0.0640 e. The molecule has 0 aliphatic carbocycles. The Hall–Kier alpha value is -12.1. The lowest BCUT2D eigenvalue weighted by Crippen LogP contribution is -2.09. The molecule has 4 heterocycles. The fraction of sp³-hybridized carbons (Fsp3) is 0. The van der Waals surface area contributed by atoms with Crippen LogP contribution in [-0.4, -0.2) is 0 Å². The first-order chi connectivity index (χ1) is 50.5. The van der Waals surface area contributed by atoms with E-state index in [0.717, 1.165) is 62.6 Å². The predicted molar refractivity (Wildman–Crippen MR) is 446 cm³/mol. The van der Waals surface area contributed by atoms with Crippen LogP contribution in [0.5, 0.6) is 0 Å². The van der Waals surface area contributed by atoms with E-state index in [4.69, 9.17) is 0 Å². The van der Waals surface area contributed by atoms with Crippen LogP contribution < -0.4 is 19.6 Å². The minimum Gasteiger partial charge on any atom is -0.310 e. The van der Waals surface area contributed by atoms with Crippen molar-refractivity contribution < 1.29 is 0 Å². The number of fused-ring (bicyclic) bond motifs is 13. The normalized spacial score (nSPS) is 11.5. The first kappa shape index (κ1) is 61.0. The van der Waals surface area contributed by atoms with Crippen LogP contribution in [0.4, 0.5) is 68.2 Å². The largest absolute Gasteiger partial charge is 0.310 e. The number of nitrogens with zero attached hydrogens (tertiary/aromatic N) is 4. The molecule has 0 N–H and O–H groups in total. The second kappa shape index (κ2) is 26.2. The van der Waals surface area contributed by atoms with Crippen molar-refractivity contribution in [3.05, 3.63) is 376 Å². The lowest BCUT2D eigenvalue weighted by atomic mass is 10.0. The summed E-state index contributed by atoms with van der Waals surface area (Å²) in [4.78, 5) is 9.51. The number of hydrogen-bond donors (Lipinski definition) is 0. The van der Waals surface area contributed by atoms with Crippen molar-refractivity contribution in [2.75, 3.05) is 19.6 Å². The van der Waals surface area contributed by atoms with Crippen molar-refractivity contribution in [1.29, 1.82) is 0 Å². The highest BCUT2D eigenvalue weighted by Gasteiger charge is 2.23. The number of rotatable bonds is 13. The Morgan fingerprint density at radius 2 is 0.500 bits per heavy atom. The van der Waals surface area contributed by atoms with Gasteiger partial charge in [-0.25, -0.2) is 0 Å². The van der Waals surface area contributed by atoms with E-state index in [-0.39, 0.29) is 0 Å². The molecule has 0 saturated carbocycles. The molecule has 0 spiro atoms. The third-order valence-electron chi connectivity index (χ3n) is 19.4. The summed E-state index contributed by atoms with van der Waals surface area (Å²) in [6, 6.07) is 136. The van der Waals surface area contributed by atoms with E-state index in [1.165, 1.54) is 108 Å². The number of anilines is 12. The molecule has 0 aliphatic rings. The van der Waals surface area contributed by atoms with Gasteiger partial charge in [0.25, 0.3) is 0 Å². The quantitative estimate of drug-likeness (QED) is 0.114. The van der Waals surface area contributed by atoms with E-state index in [1.54, 1.807) is 0 Å². The van der Waals surface area contributed by atoms with E-state index in [0.29, 0.717) is 0 Å². The molecule has 0 saturated heterocycles. The second-order valence-electron chi connectivity index (χ2n) is 25.6. The van der Waals surface area contributed by atoms with E-state index in [1.807, 2.05) is 45.3 Å². The molecule has 0 fully saturated rings. The highest BCUT2D eigenvalue weighted by atomic mass is 32.1. The van der Waals surface area contributed by atoms with Crippen LogP contribution in [0, 0.1) is 0 Å². The van der Waals surface area contributed by atoms with Crippen molar-refractivity contribution in [3.8, 4) is 11.1 Å². The Morgan fingerprint density at radius 1 is 0.157 bits per heavy atom. The summed E-state index contributed by atoms with van der Waals surface area (Å²) in [7, 11) is 0. The molecule has 0 unspecified atom stereocenters. The molecule has 20 aromatic rings. The average Bonchev–Trinajstić information content (AvgIpc) is 1.65. The van der Waals surface area contributed by atoms with Gasteiger partial charge >= 0.3 is 0 Å². The van der Waals surface area contributed by atoms with E-state index < -0.39 is 0 Å². The van der Waals surface area contributed by atoms with Crippen LogP contribution >= 0.6 is 45.3 Å². The highest BCUT2D eigenvalue weighted by molar-refractivity contribution is 7.27. The van der Waals surface area contributed by atoms with Crippen molar-refractivity contribution in [1.82, 2.24) is 0 Å². The van der Waals surface area contributed by atoms with Crippen LogP contribution in [0.3, 0.4) is 0 Å². The number of para-hydroxylation sites is 5. The van der Waals surface area contributed by atoms with Gasteiger partial charge in [-0.2, -0.15) is 0 Å². The van der Waals surface area contributed by atoms with Gasteiger partial charge in [0.05, 0.1) is 10.4 Å². The molecule has 20 rings (SSSR count). The molecule has 0 bridgehead atoms. The Morgan fingerprint density at radius 3 is 1.02 bits per heavy atom. The van der Waals surface area contributed by atoms with Gasteiger partial charge in [0.1, 0.15) is 0 Å². The molecule has 16 aromatic carbocycles. The van der Waals surface area contributed by atoms with Crippen molar-refractivity contribution in [2.24, 2.45) is 0 Å². The molecular weight excluding hydrogens is 1310 g/mol. The first-order valence-electron chi connectivity index (χ1n) is 34.3. The van der Waals surface area contributed by atoms with Gasteiger partial charge in [0, 0.05) is 139 Å². The zero-order valence-corrected chi connectivity index (χ0v) is 58.5. The fourth-order valence-corrected chi connectivity index (χ4v) is 19.3. The summed E-state index contributed by atoms with van der Waals surface area (Å²) in [5.74, 6) is 0. The van der Waals surface area contributed by atoms with Crippen LogP contribution in [-0.2, 0) is 0 Å². The third kappa shape index (κ3) is 11.2. The summed E-state index contributed by atoms with van der Waals surface area (Å²) in [6.07, 6.45) is 0. The Balaban J connectivity index is 0.000000141. The minimum atomic E-state index is 1.13. The molecule has 0 amide bonds. The monoisotopic (exact) mass is 1370 g/mol. The lowest BCUT2D eigenvalue weighted by Gasteiger charge is -2.26. The molecule has 482 valence electrons. The van der Waals surface area contributed by atoms with Crippen LogP contribution in [0.25, 0.3) is 103 Å². The smallest absolute Gasteiger partial charge is 0.0640 e. The number of thiophene rings is 4.